The summed E-state index contributed by atoms with van der Waals surface area (Å²) in [4.78, 5) is 3.26. The van der Waals surface area contributed by atoms with Gasteiger partial charge in [-0.15, -0.1) is 0 Å². The highest BCUT2D eigenvalue weighted by molar-refractivity contribution is 7.71. The van der Waals surface area contributed by atoms with Crippen LogP contribution in [-0.2, 0) is 0 Å². The molecule has 0 spiro atoms. The zero-order valence-electron chi connectivity index (χ0n) is 11.7. The first-order chi connectivity index (χ1) is 9.61. The van der Waals surface area contributed by atoms with Crippen molar-refractivity contribution in [3.8, 4) is 11.4 Å². The van der Waals surface area contributed by atoms with E-state index >= 15 is 0 Å². The van der Waals surface area contributed by atoms with Gasteiger partial charge in [0.25, 0.3) is 0 Å². The van der Waals surface area contributed by atoms with Gasteiger partial charge in [-0.3, -0.25) is 4.57 Å². The van der Waals surface area contributed by atoms with E-state index in [1.807, 2.05) is 31.2 Å². The molecule has 1 aromatic heterocycles. The van der Waals surface area contributed by atoms with Crippen molar-refractivity contribution >= 4 is 23.3 Å². The monoisotopic (exact) mass is 284 g/mol. The van der Waals surface area contributed by atoms with Crippen molar-refractivity contribution in [1.82, 2.24) is 9.55 Å². The van der Waals surface area contributed by atoms with Crippen LogP contribution in [-0.4, -0.2) is 16.7 Å². The highest BCUT2D eigenvalue weighted by Crippen LogP contribution is 2.26. The van der Waals surface area contributed by atoms with Crippen LogP contribution in [0.3, 0.4) is 0 Å². The van der Waals surface area contributed by atoms with Crippen LogP contribution in [0.4, 0.5) is 0 Å². The summed E-state index contributed by atoms with van der Waals surface area (Å²) in [6.07, 6.45) is 0. The number of benzene rings is 2. The number of nitrogens with zero attached hydrogens (tertiary/aromatic N) is 1. The molecule has 3 aromatic rings. The van der Waals surface area contributed by atoms with E-state index in [0.717, 1.165) is 28.0 Å². The molecule has 0 atom stereocenters. The fraction of sp³-hybridized carbons (Fsp3) is 0.188. The molecule has 0 saturated heterocycles. The quantitative estimate of drug-likeness (QED) is 0.710. The first-order valence-electron chi connectivity index (χ1n) is 6.47. The Kier molecular flexibility index (Phi) is 3.10. The number of hydrogen-bond acceptors (Lipinski definition) is 2. The molecule has 0 bridgehead atoms. The van der Waals surface area contributed by atoms with Crippen LogP contribution in [0.15, 0.2) is 36.4 Å². The molecule has 2 aromatic carbocycles. The Hall–Kier alpha value is -2.07. The lowest BCUT2D eigenvalue weighted by Crippen LogP contribution is -1.97. The van der Waals surface area contributed by atoms with E-state index in [1.54, 1.807) is 7.11 Å². The molecule has 20 heavy (non-hydrogen) atoms. The van der Waals surface area contributed by atoms with Gasteiger partial charge >= 0.3 is 0 Å². The normalized spacial score (nSPS) is 10.9. The number of aryl methyl sites for hydroxylation is 2. The summed E-state index contributed by atoms with van der Waals surface area (Å²) in [7, 11) is 1.68. The Morgan fingerprint density at radius 1 is 1.10 bits per heavy atom. The van der Waals surface area contributed by atoms with Crippen molar-refractivity contribution in [3.63, 3.8) is 0 Å². The van der Waals surface area contributed by atoms with Crippen LogP contribution < -0.4 is 4.74 Å². The second-order valence-corrected chi connectivity index (χ2v) is 5.28. The molecule has 1 heterocycles. The smallest absolute Gasteiger partial charge is 0.182 e. The third-order valence-corrected chi connectivity index (χ3v) is 3.83. The number of fused-ring (bicyclic) bond motifs is 1. The molecular weight excluding hydrogens is 268 g/mol. The average Bonchev–Trinajstić information content (AvgIpc) is 2.76. The molecule has 3 nitrogen and oxygen atoms in total. The van der Waals surface area contributed by atoms with Gasteiger partial charge in [-0.1, -0.05) is 12.1 Å². The Morgan fingerprint density at radius 2 is 1.90 bits per heavy atom. The number of nitrogens with one attached hydrogen (secondary N) is 1. The third kappa shape index (κ3) is 1.93. The first-order valence-corrected chi connectivity index (χ1v) is 6.88. The van der Waals surface area contributed by atoms with Gasteiger partial charge in [-0.25, -0.2) is 0 Å². The predicted octanol–water partition coefficient (Wildman–Crippen LogP) is 4.31. The number of hydrogen-bond donors (Lipinski definition) is 1. The average molecular weight is 284 g/mol. The minimum absolute atomic E-state index is 0.707. The minimum Gasteiger partial charge on any atom is -0.496 e. The summed E-state index contributed by atoms with van der Waals surface area (Å²) in [6, 6.07) is 12.3. The van der Waals surface area contributed by atoms with E-state index in [0.29, 0.717) is 4.77 Å². The number of methoxy groups -OCH3 is 1. The first kappa shape index (κ1) is 12.9. The lowest BCUT2D eigenvalue weighted by molar-refractivity contribution is 0.411. The molecule has 0 saturated carbocycles. The highest BCUT2D eigenvalue weighted by atomic mass is 32.1. The van der Waals surface area contributed by atoms with Gasteiger partial charge in [0.1, 0.15) is 5.75 Å². The third-order valence-electron chi connectivity index (χ3n) is 3.54. The standard InChI is InChI=1S/C16H16N2OS/c1-10-5-4-6-13-15(10)18(16(20)17-13)12-7-8-14(19-3)11(2)9-12/h4-9H,1-3H3,(H,17,20). The van der Waals surface area contributed by atoms with E-state index < -0.39 is 0 Å². The molecule has 0 aliphatic rings. The summed E-state index contributed by atoms with van der Waals surface area (Å²) in [5.74, 6) is 0.886. The second kappa shape index (κ2) is 4.80. The Bertz CT molecular complexity index is 845. The molecule has 0 unspecified atom stereocenters. The number of aromatic nitrogens is 2. The van der Waals surface area contributed by atoms with E-state index in [-0.39, 0.29) is 0 Å². The number of imidazole rings is 1. The summed E-state index contributed by atoms with van der Waals surface area (Å²) >= 11 is 5.48. The van der Waals surface area contributed by atoms with E-state index in [1.165, 1.54) is 5.56 Å². The van der Waals surface area contributed by atoms with Gasteiger partial charge in [0, 0.05) is 5.69 Å². The molecular formula is C16H16N2OS. The summed E-state index contributed by atoms with van der Waals surface area (Å²) < 4.78 is 8.10. The van der Waals surface area contributed by atoms with Crippen LogP contribution in [0.5, 0.6) is 5.75 Å². The van der Waals surface area contributed by atoms with Gasteiger partial charge < -0.3 is 9.72 Å². The number of ether oxygens (including phenoxy) is 1. The van der Waals surface area contributed by atoms with Crippen molar-refractivity contribution in [2.45, 2.75) is 13.8 Å². The maximum atomic E-state index is 5.48. The van der Waals surface area contributed by atoms with Gasteiger partial charge in [0.05, 0.1) is 18.1 Å². The van der Waals surface area contributed by atoms with Crippen LogP contribution in [0.1, 0.15) is 11.1 Å². The summed E-state index contributed by atoms with van der Waals surface area (Å²) in [6.45, 7) is 4.13. The predicted molar refractivity (Wildman–Crippen MR) is 84.5 cm³/mol. The summed E-state index contributed by atoms with van der Waals surface area (Å²) in [5.41, 5.74) is 5.53. The maximum Gasteiger partial charge on any atom is 0.182 e. The SMILES string of the molecule is COc1ccc(-n2c(=S)[nH]c3cccc(C)c32)cc1C. The van der Waals surface area contributed by atoms with Gasteiger partial charge in [0.2, 0.25) is 0 Å². The highest BCUT2D eigenvalue weighted by Gasteiger charge is 2.10. The Labute approximate surface area is 122 Å². The molecule has 0 aliphatic heterocycles. The van der Waals surface area contributed by atoms with Crippen molar-refractivity contribution in [1.29, 1.82) is 0 Å². The lowest BCUT2D eigenvalue weighted by Gasteiger charge is -2.10. The number of rotatable bonds is 2. The maximum absolute atomic E-state index is 5.48. The molecule has 0 radical (unpaired) electrons. The molecule has 4 heteroatoms. The van der Waals surface area contributed by atoms with E-state index in [4.69, 9.17) is 17.0 Å². The largest absolute Gasteiger partial charge is 0.496 e. The van der Waals surface area contributed by atoms with Crippen molar-refractivity contribution in [2.24, 2.45) is 0 Å². The van der Waals surface area contributed by atoms with Crippen LogP contribution >= 0.6 is 12.2 Å². The molecule has 102 valence electrons. The molecule has 3 rings (SSSR count). The molecule has 0 fully saturated rings. The van der Waals surface area contributed by atoms with Gasteiger partial charge in [-0.05, 0) is 61.5 Å². The lowest BCUT2D eigenvalue weighted by atomic mass is 10.1. The molecule has 0 amide bonds. The topological polar surface area (TPSA) is 29.9 Å². The zero-order chi connectivity index (χ0) is 14.3. The zero-order valence-corrected chi connectivity index (χ0v) is 12.5. The fourth-order valence-corrected chi connectivity index (χ4v) is 2.88. The number of H-pyrrole nitrogens is 1. The minimum atomic E-state index is 0.707. The van der Waals surface area contributed by atoms with E-state index in [9.17, 15) is 0 Å². The summed E-state index contributed by atoms with van der Waals surface area (Å²) in [5, 5.41) is 0. The van der Waals surface area contributed by atoms with Crippen LogP contribution in [0.2, 0.25) is 0 Å². The van der Waals surface area contributed by atoms with Crippen LogP contribution in [0, 0.1) is 18.6 Å². The fourth-order valence-electron chi connectivity index (χ4n) is 2.58. The van der Waals surface area contributed by atoms with Crippen molar-refractivity contribution in [3.05, 3.63) is 52.3 Å². The van der Waals surface area contributed by atoms with Crippen LogP contribution in [0.25, 0.3) is 16.7 Å². The molecule has 0 aliphatic carbocycles. The van der Waals surface area contributed by atoms with E-state index in [2.05, 4.69) is 28.6 Å². The van der Waals surface area contributed by atoms with Gasteiger partial charge in [-0.2, -0.15) is 0 Å². The number of para-hydroxylation sites is 1. The number of aromatic amines is 1. The Morgan fingerprint density at radius 3 is 2.60 bits per heavy atom. The van der Waals surface area contributed by atoms with Crippen molar-refractivity contribution in [2.75, 3.05) is 7.11 Å². The van der Waals surface area contributed by atoms with Gasteiger partial charge in [0.15, 0.2) is 4.77 Å². The Balaban J connectivity index is 2.32. The molecule has 1 N–H and O–H groups in total. The van der Waals surface area contributed by atoms with Crippen molar-refractivity contribution < 1.29 is 4.74 Å². The second-order valence-electron chi connectivity index (χ2n) is 4.89.